The highest BCUT2D eigenvalue weighted by atomic mass is 16.5. The number of rotatable bonds is 8. The predicted molar refractivity (Wildman–Crippen MR) is 112 cm³/mol. The molecule has 0 saturated carbocycles. The average molecular weight is 376 g/mol. The number of phenols is 1. The third-order valence-electron chi connectivity index (χ3n) is 4.40. The van der Waals surface area contributed by atoms with E-state index in [-0.39, 0.29) is 11.3 Å². The summed E-state index contributed by atoms with van der Waals surface area (Å²) in [6.45, 7) is 2.80. The van der Waals surface area contributed by atoms with E-state index >= 15 is 0 Å². The quantitative estimate of drug-likeness (QED) is 0.334. The number of carbonyl (C=O) groups excluding carboxylic acids is 1. The van der Waals surface area contributed by atoms with Gasteiger partial charge in [0, 0.05) is 5.56 Å². The molecule has 2 N–H and O–H groups in total. The molecule has 0 aromatic heterocycles. The molecule has 1 amide bonds. The number of unbranched alkanes of at least 4 members (excludes halogenated alkanes) is 2. The Morgan fingerprint density at radius 3 is 2.57 bits per heavy atom. The molecule has 0 radical (unpaired) electrons. The maximum atomic E-state index is 12.4. The Morgan fingerprint density at radius 1 is 1.07 bits per heavy atom. The fourth-order valence-corrected chi connectivity index (χ4v) is 2.88. The summed E-state index contributed by atoms with van der Waals surface area (Å²) in [4.78, 5) is 12.4. The first-order valence-corrected chi connectivity index (χ1v) is 9.46. The second kappa shape index (κ2) is 9.55. The van der Waals surface area contributed by atoms with Crippen LogP contribution in [0.3, 0.4) is 0 Å². The van der Waals surface area contributed by atoms with Crippen LogP contribution in [0.5, 0.6) is 11.5 Å². The van der Waals surface area contributed by atoms with E-state index in [9.17, 15) is 9.90 Å². The van der Waals surface area contributed by atoms with Crippen molar-refractivity contribution in [3.8, 4) is 11.5 Å². The molecule has 0 bridgehead atoms. The van der Waals surface area contributed by atoms with Crippen LogP contribution in [0.2, 0.25) is 0 Å². The maximum absolute atomic E-state index is 12.4. The highest BCUT2D eigenvalue weighted by Gasteiger charge is 2.11. The Bertz CT molecular complexity index is 982. The van der Waals surface area contributed by atoms with Crippen molar-refractivity contribution in [1.82, 2.24) is 5.43 Å². The number of hydrazone groups is 1. The lowest BCUT2D eigenvalue weighted by atomic mass is 10.1. The third kappa shape index (κ3) is 4.88. The number of carbonyl (C=O) groups is 1. The predicted octanol–water partition coefficient (Wildman–Crippen LogP) is 4.88. The van der Waals surface area contributed by atoms with Crippen molar-refractivity contribution in [2.24, 2.45) is 5.10 Å². The van der Waals surface area contributed by atoms with Gasteiger partial charge in [-0.05, 0) is 41.5 Å². The normalized spacial score (nSPS) is 11.0. The summed E-state index contributed by atoms with van der Waals surface area (Å²) >= 11 is 0. The van der Waals surface area contributed by atoms with E-state index in [0.717, 1.165) is 41.3 Å². The van der Waals surface area contributed by atoms with Crippen LogP contribution in [-0.2, 0) is 0 Å². The van der Waals surface area contributed by atoms with Gasteiger partial charge in [-0.25, -0.2) is 5.43 Å². The molecule has 144 valence electrons. The number of hydrogen-bond acceptors (Lipinski definition) is 4. The molecule has 0 aliphatic carbocycles. The number of benzene rings is 3. The summed E-state index contributed by atoms with van der Waals surface area (Å²) in [5, 5.41) is 15.9. The smallest absolute Gasteiger partial charge is 0.275 e. The van der Waals surface area contributed by atoms with E-state index in [1.54, 1.807) is 18.3 Å². The fourth-order valence-electron chi connectivity index (χ4n) is 2.88. The van der Waals surface area contributed by atoms with Gasteiger partial charge in [0.25, 0.3) is 5.91 Å². The number of nitrogens with one attached hydrogen (secondary N) is 1. The van der Waals surface area contributed by atoms with Crippen LogP contribution in [0.15, 0.2) is 65.8 Å². The van der Waals surface area contributed by atoms with E-state index in [1.807, 2.05) is 48.5 Å². The number of aromatic hydroxyl groups is 1. The van der Waals surface area contributed by atoms with E-state index < -0.39 is 5.91 Å². The summed E-state index contributed by atoms with van der Waals surface area (Å²) in [6.07, 6.45) is 4.81. The molecule has 0 heterocycles. The highest BCUT2D eigenvalue weighted by molar-refractivity contribution is 6.01. The van der Waals surface area contributed by atoms with Gasteiger partial charge in [-0.15, -0.1) is 0 Å². The third-order valence-corrected chi connectivity index (χ3v) is 4.40. The minimum atomic E-state index is -0.471. The van der Waals surface area contributed by atoms with Gasteiger partial charge in [-0.3, -0.25) is 4.79 Å². The van der Waals surface area contributed by atoms with Crippen molar-refractivity contribution >= 4 is 22.9 Å². The van der Waals surface area contributed by atoms with Crippen LogP contribution in [0.4, 0.5) is 0 Å². The molecule has 3 rings (SSSR count). The van der Waals surface area contributed by atoms with E-state index in [2.05, 4.69) is 17.5 Å². The Balaban J connectivity index is 1.68. The van der Waals surface area contributed by atoms with Gasteiger partial charge in [0.15, 0.2) is 0 Å². The lowest BCUT2D eigenvalue weighted by Gasteiger charge is -2.08. The van der Waals surface area contributed by atoms with Gasteiger partial charge >= 0.3 is 0 Å². The number of para-hydroxylation sites is 1. The Hall–Kier alpha value is -3.34. The Kier molecular flexibility index (Phi) is 6.63. The van der Waals surface area contributed by atoms with E-state index in [0.29, 0.717) is 6.61 Å². The summed E-state index contributed by atoms with van der Waals surface area (Å²) in [7, 11) is 0. The van der Waals surface area contributed by atoms with Crippen molar-refractivity contribution in [3.05, 3.63) is 71.8 Å². The second-order valence-electron chi connectivity index (χ2n) is 6.51. The standard InChI is InChI=1S/C23H24N2O3/c1-2-3-8-13-28-22-12-7-6-11-19(22)16-24-25-23(27)20-14-17-9-4-5-10-18(17)15-21(20)26/h4-7,9-12,14-16,26H,2-3,8,13H2,1H3,(H,25,27)/b24-16-. The minimum absolute atomic E-state index is 0.0777. The summed E-state index contributed by atoms with van der Waals surface area (Å²) in [5.74, 6) is 0.178. The number of hydrogen-bond donors (Lipinski definition) is 2. The van der Waals surface area contributed by atoms with E-state index in [1.165, 1.54) is 0 Å². The van der Waals surface area contributed by atoms with Gasteiger partial charge < -0.3 is 9.84 Å². The molecule has 0 unspecified atom stereocenters. The van der Waals surface area contributed by atoms with Crippen LogP contribution in [-0.4, -0.2) is 23.8 Å². The molecule has 28 heavy (non-hydrogen) atoms. The van der Waals surface area contributed by atoms with Crippen LogP contribution in [0.25, 0.3) is 10.8 Å². The maximum Gasteiger partial charge on any atom is 0.275 e. The zero-order valence-corrected chi connectivity index (χ0v) is 15.9. The lowest BCUT2D eigenvalue weighted by molar-refractivity contribution is 0.0952. The SMILES string of the molecule is CCCCCOc1ccccc1/C=N\NC(=O)c1cc2ccccc2cc1O. The molecule has 5 nitrogen and oxygen atoms in total. The number of amides is 1. The number of nitrogens with zero attached hydrogens (tertiary/aromatic N) is 1. The lowest BCUT2D eigenvalue weighted by Crippen LogP contribution is -2.17. The van der Waals surface area contributed by atoms with Crippen molar-refractivity contribution in [1.29, 1.82) is 0 Å². The molecule has 3 aromatic rings. The van der Waals surface area contributed by atoms with Crippen LogP contribution in [0.1, 0.15) is 42.1 Å². The molecule has 0 aliphatic heterocycles. The molecule has 3 aromatic carbocycles. The summed E-state index contributed by atoms with van der Waals surface area (Å²) in [6, 6.07) is 18.3. The molecule has 0 atom stereocenters. The molecule has 0 fully saturated rings. The first-order chi connectivity index (χ1) is 13.7. The Morgan fingerprint density at radius 2 is 1.79 bits per heavy atom. The second-order valence-corrected chi connectivity index (χ2v) is 6.51. The van der Waals surface area contributed by atoms with Crippen molar-refractivity contribution < 1.29 is 14.6 Å². The monoisotopic (exact) mass is 376 g/mol. The minimum Gasteiger partial charge on any atom is -0.507 e. The average Bonchev–Trinajstić information content (AvgIpc) is 2.71. The number of fused-ring (bicyclic) bond motifs is 1. The van der Waals surface area contributed by atoms with Gasteiger partial charge in [-0.2, -0.15) is 5.10 Å². The largest absolute Gasteiger partial charge is 0.507 e. The highest BCUT2D eigenvalue weighted by Crippen LogP contribution is 2.25. The first-order valence-electron chi connectivity index (χ1n) is 9.46. The van der Waals surface area contributed by atoms with E-state index in [4.69, 9.17) is 4.74 Å². The Labute approximate surface area is 164 Å². The van der Waals surface area contributed by atoms with Crippen LogP contribution >= 0.6 is 0 Å². The van der Waals surface area contributed by atoms with Gasteiger partial charge in [0.2, 0.25) is 0 Å². The van der Waals surface area contributed by atoms with Crippen LogP contribution < -0.4 is 10.2 Å². The summed E-state index contributed by atoms with van der Waals surface area (Å²) in [5.41, 5.74) is 3.43. The first kappa shape index (κ1) is 19.4. The molecule has 0 saturated heterocycles. The molecule has 0 aliphatic rings. The number of phenolic OH excluding ortho intramolecular Hbond substituents is 1. The molecular weight excluding hydrogens is 352 g/mol. The zero-order chi connectivity index (χ0) is 19.8. The fraction of sp³-hybridized carbons (Fsp3) is 0.217. The van der Waals surface area contributed by atoms with Gasteiger partial charge in [-0.1, -0.05) is 56.2 Å². The topological polar surface area (TPSA) is 70.9 Å². The van der Waals surface area contributed by atoms with Crippen molar-refractivity contribution in [3.63, 3.8) is 0 Å². The number of ether oxygens (including phenoxy) is 1. The van der Waals surface area contributed by atoms with Crippen molar-refractivity contribution in [2.75, 3.05) is 6.61 Å². The van der Waals surface area contributed by atoms with Gasteiger partial charge in [0.1, 0.15) is 11.5 Å². The summed E-state index contributed by atoms with van der Waals surface area (Å²) < 4.78 is 5.80. The van der Waals surface area contributed by atoms with Crippen LogP contribution in [0, 0.1) is 0 Å². The zero-order valence-electron chi connectivity index (χ0n) is 15.9. The molecule has 5 heteroatoms. The molecular formula is C23H24N2O3. The molecule has 0 spiro atoms. The van der Waals surface area contributed by atoms with Gasteiger partial charge in [0.05, 0.1) is 18.4 Å². The van der Waals surface area contributed by atoms with Crippen molar-refractivity contribution in [2.45, 2.75) is 26.2 Å².